The van der Waals surface area contributed by atoms with E-state index in [-0.39, 0.29) is 0 Å². The minimum absolute atomic E-state index is 0.620. The van der Waals surface area contributed by atoms with E-state index in [0.717, 1.165) is 44.2 Å². The molecule has 4 nitrogen and oxygen atoms in total. The van der Waals surface area contributed by atoms with Crippen LogP contribution in [-0.4, -0.2) is 15.0 Å². The highest BCUT2D eigenvalue weighted by molar-refractivity contribution is 7.26. The number of benzene rings is 8. The van der Waals surface area contributed by atoms with Gasteiger partial charge in [0.25, 0.3) is 0 Å². The van der Waals surface area contributed by atoms with Crippen molar-refractivity contribution in [2.45, 2.75) is 0 Å². The lowest BCUT2D eigenvalue weighted by molar-refractivity contribution is 0.669. The van der Waals surface area contributed by atoms with Gasteiger partial charge in [0, 0.05) is 47.6 Å². The van der Waals surface area contributed by atoms with E-state index in [1.54, 1.807) is 0 Å². The van der Waals surface area contributed by atoms with Crippen LogP contribution in [-0.2, 0) is 0 Å². The highest BCUT2D eigenvalue weighted by Gasteiger charge is 2.19. The molecule has 0 radical (unpaired) electrons. The minimum atomic E-state index is 0.620. The van der Waals surface area contributed by atoms with Crippen LogP contribution in [0.2, 0.25) is 0 Å². The number of aromatic nitrogens is 3. The van der Waals surface area contributed by atoms with E-state index in [1.165, 1.54) is 47.3 Å². The normalized spacial score (nSPS) is 12.0. The topological polar surface area (TPSA) is 51.8 Å². The monoisotopic (exact) mass is 655 g/mol. The summed E-state index contributed by atoms with van der Waals surface area (Å²) in [7, 11) is 0. The largest absolute Gasteiger partial charge is 0.456 e. The lowest BCUT2D eigenvalue weighted by Crippen LogP contribution is -2.00. The van der Waals surface area contributed by atoms with Gasteiger partial charge in [0.2, 0.25) is 0 Å². The number of hydrogen-bond donors (Lipinski definition) is 0. The Bertz CT molecular complexity index is 3070. The van der Waals surface area contributed by atoms with Crippen molar-refractivity contribution in [3.05, 3.63) is 152 Å². The molecule has 11 rings (SSSR count). The van der Waals surface area contributed by atoms with E-state index < -0.39 is 0 Å². The molecule has 0 aliphatic rings. The van der Waals surface area contributed by atoms with Crippen molar-refractivity contribution in [2.75, 3.05) is 0 Å². The number of thiophene rings is 1. The minimum Gasteiger partial charge on any atom is -0.456 e. The summed E-state index contributed by atoms with van der Waals surface area (Å²) in [6, 6.07) is 53.0. The molecule has 0 atom stereocenters. The quantitative estimate of drug-likeness (QED) is 0.177. The van der Waals surface area contributed by atoms with E-state index in [4.69, 9.17) is 19.4 Å². The van der Waals surface area contributed by atoms with Gasteiger partial charge in [0.05, 0.1) is 0 Å². The van der Waals surface area contributed by atoms with E-state index in [1.807, 2.05) is 53.8 Å². The molecule has 50 heavy (non-hydrogen) atoms. The maximum Gasteiger partial charge on any atom is 0.164 e. The Balaban J connectivity index is 1.10. The number of hydrogen-bond acceptors (Lipinski definition) is 5. The van der Waals surface area contributed by atoms with Crippen LogP contribution in [0.25, 0.3) is 109 Å². The van der Waals surface area contributed by atoms with Crippen LogP contribution in [0.15, 0.2) is 156 Å². The molecule has 0 fully saturated rings. The van der Waals surface area contributed by atoms with Gasteiger partial charge in [-0.05, 0) is 75.1 Å². The fourth-order valence-electron chi connectivity index (χ4n) is 7.52. The maximum absolute atomic E-state index is 6.53. The summed E-state index contributed by atoms with van der Waals surface area (Å²) >= 11 is 1.87. The summed E-state index contributed by atoms with van der Waals surface area (Å²) in [4.78, 5) is 15.0. The van der Waals surface area contributed by atoms with Crippen molar-refractivity contribution in [2.24, 2.45) is 0 Å². The Kier molecular flexibility index (Phi) is 5.80. The molecular formula is C45H25N3OS. The van der Waals surface area contributed by atoms with E-state index in [9.17, 15) is 0 Å². The Hall–Kier alpha value is -6.43. The van der Waals surface area contributed by atoms with Gasteiger partial charge >= 0.3 is 0 Å². The van der Waals surface area contributed by atoms with E-state index >= 15 is 0 Å². The predicted molar refractivity (Wildman–Crippen MR) is 208 cm³/mol. The fourth-order valence-corrected chi connectivity index (χ4v) is 8.67. The van der Waals surface area contributed by atoms with Gasteiger partial charge in [0.15, 0.2) is 17.5 Å². The first kappa shape index (κ1) is 27.5. The molecule has 0 spiro atoms. The molecule has 0 amide bonds. The van der Waals surface area contributed by atoms with Crippen LogP contribution < -0.4 is 0 Å². The van der Waals surface area contributed by atoms with Crippen molar-refractivity contribution >= 4 is 75.0 Å². The Morgan fingerprint density at radius 3 is 1.50 bits per heavy atom. The first-order valence-electron chi connectivity index (χ1n) is 16.7. The number of furan rings is 1. The zero-order valence-electron chi connectivity index (χ0n) is 26.6. The molecule has 3 aromatic heterocycles. The summed E-state index contributed by atoms with van der Waals surface area (Å²) in [5.74, 6) is 1.89. The van der Waals surface area contributed by atoms with Gasteiger partial charge in [-0.2, -0.15) is 0 Å². The van der Waals surface area contributed by atoms with Crippen LogP contribution in [0.5, 0.6) is 0 Å². The summed E-state index contributed by atoms with van der Waals surface area (Å²) in [5, 5.41) is 9.83. The van der Waals surface area contributed by atoms with Gasteiger partial charge < -0.3 is 4.42 Å². The fraction of sp³-hybridized carbons (Fsp3) is 0. The summed E-state index contributed by atoms with van der Waals surface area (Å²) in [6.45, 7) is 0. The maximum atomic E-state index is 6.53. The third-order valence-corrected chi connectivity index (χ3v) is 11.0. The molecule has 0 saturated heterocycles. The first-order chi connectivity index (χ1) is 24.7. The molecule has 0 aliphatic carbocycles. The average molecular weight is 656 g/mol. The van der Waals surface area contributed by atoms with E-state index in [2.05, 4.69) is 109 Å². The Morgan fingerprint density at radius 1 is 0.340 bits per heavy atom. The molecular weight excluding hydrogens is 631 g/mol. The van der Waals surface area contributed by atoms with Crippen LogP contribution in [0.1, 0.15) is 0 Å². The van der Waals surface area contributed by atoms with Crippen molar-refractivity contribution < 1.29 is 4.42 Å². The van der Waals surface area contributed by atoms with Crippen LogP contribution in [0.4, 0.5) is 0 Å². The number of fused-ring (bicyclic) bond motifs is 6. The third-order valence-electron chi connectivity index (χ3n) is 9.89. The molecule has 0 unspecified atom stereocenters. The lowest BCUT2D eigenvalue weighted by atomic mass is 9.93. The van der Waals surface area contributed by atoms with Crippen molar-refractivity contribution in [3.8, 4) is 45.3 Å². The molecule has 0 aliphatic heterocycles. The molecule has 3 heterocycles. The van der Waals surface area contributed by atoms with Crippen molar-refractivity contribution in [1.82, 2.24) is 15.0 Å². The summed E-state index contributed by atoms with van der Waals surface area (Å²) in [5.41, 5.74) is 6.82. The molecule has 232 valence electrons. The Labute approximate surface area is 290 Å². The summed E-state index contributed by atoms with van der Waals surface area (Å²) in [6.07, 6.45) is 0. The highest BCUT2D eigenvalue weighted by Crippen LogP contribution is 2.46. The second-order valence-corrected chi connectivity index (χ2v) is 13.9. The first-order valence-corrected chi connectivity index (χ1v) is 17.5. The smallest absolute Gasteiger partial charge is 0.164 e. The highest BCUT2D eigenvalue weighted by atomic mass is 32.1. The molecule has 0 N–H and O–H groups in total. The third kappa shape index (κ3) is 4.14. The second kappa shape index (κ2) is 10.5. The van der Waals surface area contributed by atoms with Crippen molar-refractivity contribution in [3.63, 3.8) is 0 Å². The number of rotatable bonds is 4. The van der Waals surface area contributed by atoms with E-state index in [0.29, 0.717) is 17.5 Å². The molecule has 8 aromatic carbocycles. The number of nitrogens with zero attached hydrogens (tertiary/aromatic N) is 3. The zero-order chi connectivity index (χ0) is 32.8. The van der Waals surface area contributed by atoms with Crippen molar-refractivity contribution in [1.29, 1.82) is 0 Å². The van der Waals surface area contributed by atoms with Gasteiger partial charge in [-0.15, -0.1) is 11.3 Å². The molecule has 0 saturated carbocycles. The Morgan fingerprint density at radius 2 is 0.840 bits per heavy atom. The van der Waals surface area contributed by atoms with Crippen LogP contribution in [0, 0.1) is 0 Å². The van der Waals surface area contributed by atoms with Crippen LogP contribution in [0.3, 0.4) is 0 Å². The zero-order valence-corrected chi connectivity index (χ0v) is 27.4. The van der Waals surface area contributed by atoms with Crippen LogP contribution >= 0.6 is 11.3 Å². The molecule has 0 bridgehead atoms. The van der Waals surface area contributed by atoms with Gasteiger partial charge in [0.1, 0.15) is 11.2 Å². The van der Waals surface area contributed by atoms with Gasteiger partial charge in [-0.1, -0.05) is 109 Å². The van der Waals surface area contributed by atoms with Gasteiger partial charge in [-0.25, -0.2) is 15.0 Å². The predicted octanol–water partition coefficient (Wildman–Crippen LogP) is 12.6. The second-order valence-electron chi connectivity index (χ2n) is 12.8. The average Bonchev–Trinajstić information content (AvgIpc) is 3.75. The molecule has 5 heteroatoms. The molecule has 11 aromatic rings. The SMILES string of the molecule is c1ccc(-c2ccc(-c3nc(-c4ccccc4)nc(-c4ccc5oc6cc7c(cc6c5c4)c4cccc5sc6cccc7c6c54)n3)cc2)cc1. The van der Waals surface area contributed by atoms with Gasteiger partial charge in [-0.3, -0.25) is 0 Å². The standard InChI is InChI=1S/C45H25N3OS/c1-3-9-26(10-4-1)27-17-19-29(20-18-27)44-46-43(28-11-5-2-6-12-28)47-45(48-44)30-21-22-37-35(23-30)36-24-33-31-13-7-15-39-41(31)42-32(14-8-16-40(42)50-39)34(33)25-38(36)49-37/h1-25H. The lowest BCUT2D eigenvalue weighted by Gasteiger charge is -2.10. The summed E-state index contributed by atoms with van der Waals surface area (Å²) < 4.78 is 9.18.